The molecule has 0 atom stereocenters. The largest absolute Gasteiger partial charge is 0.444 e. The summed E-state index contributed by atoms with van der Waals surface area (Å²) in [5.74, 6) is 0.284. The number of rotatable bonds is 2. The van der Waals surface area contributed by atoms with Gasteiger partial charge in [-0.15, -0.1) is 0 Å². The van der Waals surface area contributed by atoms with Crippen molar-refractivity contribution in [3.63, 3.8) is 0 Å². The standard InChI is InChI=1S/C15H12ClN3O2/c16-11-8-19(12-6-7-18-14(17)13(11)12)15(20)21-9-10-4-2-1-3-5-10/h1-8H,9H2,(H2,17,18). The number of ether oxygens (including phenoxy) is 1. The number of nitrogens with zero attached hydrogens (tertiary/aromatic N) is 2. The van der Waals surface area contributed by atoms with Crippen molar-refractivity contribution in [3.05, 3.63) is 59.4 Å². The minimum Gasteiger partial charge on any atom is -0.444 e. The van der Waals surface area contributed by atoms with Gasteiger partial charge in [0.1, 0.15) is 12.4 Å². The third-order valence-corrected chi connectivity index (χ3v) is 3.39. The van der Waals surface area contributed by atoms with Crippen molar-refractivity contribution in [1.29, 1.82) is 0 Å². The van der Waals surface area contributed by atoms with Crippen molar-refractivity contribution in [3.8, 4) is 0 Å². The molecular formula is C15H12ClN3O2. The Bertz CT molecular complexity index is 799. The molecule has 5 nitrogen and oxygen atoms in total. The van der Waals surface area contributed by atoms with Gasteiger partial charge < -0.3 is 10.5 Å². The van der Waals surface area contributed by atoms with Crippen molar-refractivity contribution in [2.45, 2.75) is 6.61 Å². The lowest BCUT2D eigenvalue weighted by Gasteiger charge is -2.06. The number of aromatic nitrogens is 2. The molecule has 0 spiro atoms. The maximum Gasteiger partial charge on any atom is 0.418 e. The molecule has 3 aromatic rings. The van der Waals surface area contributed by atoms with Gasteiger partial charge in [-0.2, -0.15) is 0 Å². The number of hydrogen-bond acceptors (Lipinski definition) is 4. The van der Waals surface area contributed by atoms with Crippen LogP contribution in [0.3, 0.4) is 0 Å². The van der Waals surface area contributed by atoms with Crippen molar-refractivity contribution in [2.24, 2.45) is 0 Å². The number of carbonyl (C=O) groups is 1. The molecule has 0 unspecified atom stereocenters. The fourth-order valence-corrected chi connectivity index (χ4v) is 2.39. The molecule has 0 bridgehead atoms. The van der Waals surface area contributed by atoms with Gasteiger partial charge in [-0.05, 0) is 11.6 Å². The molecule has 3 rings (SSSR count). The summed E-state index contributed by atoms with van der Waals surface area (Å²) >= 11 is 6.10. The summed E-state index contributed by atoms with van der Waals surface area (Å²) in [6, 6.07) is 11.1. The smallest absolute Gasteiger partial charge is 0.418 e. The first-order valence-electron chi connectivity index (χ1n) is 6.29. The van der Waals surface area contributed by atoms with Gasteiger partial charge in [0.2, 0.25) is 0 Å². The maximum absolute atomic E-state index is 12.2. The second-order valence-electron chi connectivity index (χ2n) is 4.48. The fourth-order valence-electron chi connectivity index (χ4n) is 2.10. The summed E-state index contributed by atoms with van der Waals surface area (Å²) in [4.78, 5) is 16.1. The Hall–Kier alpha value is -2.53. The number of carbonyl (C=O) groups excluding carboxylic acids is 1. The van der Waals surface area contributed by atoms with Crippen molar-refractivity contribution in [1.82, 2.24) is 9.55 Å². The normalized spacial score (nSPS) is 10.7. The Kier molecular flexibility index (Phi) is 3.50. The highest BCUT2D eigenvalue weighted by Crippen LogP contribution is 2.29. The first kappa shape index (κ1) is 13.5. The molecule has 0 saturated carbocycles. The van der Waals surface area contributed by atoms with Gasteiger partial charge in [0.05, 0.1) is 15.9 Å². The van der Waals surface area contributed by atoms with Crippen LogP contribution in [-0.2, 0) is 11.3 Å². The third kappa shape index (κ3) is 2.55. The number of hydrogen-bond donors (Lipinski definition) is 1. The van der Waals surface area contributed by atoms with Gasteiger partial charge in [0, 0.05) is 12.4 Å². The van der Waals surface area contributed by atoms with Crippen LogP contribution in [-0.4, -0.2) is 15.6 Å². The molecule has 0 aliphatic heterocycles. The summed E-state index contributed by atoms with van der Waals surface area (Å²) in [7, 11) is 0. The molecule has 2 heterocycles. The predicted molar refractivity (Wildman–Crippen MR) is 81.2 cm³/mol. The monoisotopic (exact) mass is 301 g/mol. The number of fused-ring (bicyclic) bond motifs is 1. The van der Waals surface area contributed by atoms with Crippen molar-refractivity contribution >= 4 is 34.4 Å². The molecule has 0 saturated heterocycles. The van der Waals surface area contributed by atoms with E-state index in [2.05, 4.69) is 4.98 Å². The maximum atomic E-state index is 12.2. The number of halogens is 1. The second kappa shape index (κ2) is 5.46. The Morgan fingerprint density at radius 2 is 2.05 bits per heavy atom. The SMILES string of the molecule is Nc1nccc2c1c(Cl)cn2C(=O)OCc1ccccc1. The molecule has 21 heavy (non-hydrogen) atoms. The van der Waals surface area contributed by atoms with Crippen molar-refractivity contribution < 1.29 is 9.53 Å². The zero-order valence-corrected chi connectivity index (χ0v) is 11.7. The van der Waals surface area contributed by atoms with Crippen molar-refractivity contribution in [2.75, 3.05) is 5.73 Å². The van der Waals surface area contributed by atoms with E-state index < -0.39 is 6.09 Å². The van der Waals surface area contributed by atoms with E-state index in [9.17, 15) is 4.79 Å². The lowest BCUT2D eigenvalue weighted by Crippen LogP contribution is -2.12. The number of benzene rings is 1. The lowest BCUT2D eigenvalue weighted by molar-refractivity contribution is 0.142. The van der Waals surface area contributed by atoms with E-state index in [0.717, 1.165) is 5.56 Å². The first-order valence-corrected chi connectivity index (χ1v) is 6.66. The van der Waals surface area contributed by atoms with Crippen LogP contribution in [0.4, 0.5) is 10.6 Å². The van der Waals surface area contributed by atoms with Crippen LogP contribution < -0.4 is 5.73 Å². The number of anilines is 1. The van der Waals surface area contributed by atoms with E-state index in [1.54, 1.807) is 6.07 Å². The minimum atomic E-state index is -0.513. The molecule has 6 heteroatoms. The Morgan fingerprint density at radius 1 is 1.29 bits per heavy atom. The molecule has 0 fully saturated rings. The average molecular weight is 302 g/mol. The van der Waals surface area contributed by atoms with Gasteiger partial charge >= 0.3 is 6.09 Å². The van der Waals surface area contributed by atoms with Crippen LogP contribution in [0.25, 0.3) is 10.9 Å². The van der Waals surface area contributed by atoms with Crippen LogP contribution in [0, 0.1) is 0 Å². The summed E-state index contributed by atoms with van der Waals surface area (Å²) in [6.45, 7) is 0.192. The van der Waals surface area contributed by atoms with E-state index in [1.165, 1.54) is 17.0 Å². The van der Waals surface area contributed by atoms with Crippen LogP contribution in [0.5, 0.6) is 0 Å². The zero-order chi connectivity index (χ0) is 14.8. The highest BCUT2D eigenvalue weighted by Gasteiger charge is 2.16. The molecular weight excluding hydrogens is 290 g/mol. The van der Waals surface area contributed by atoms with Gasteiger partial charge in [0.15, 0.2) is 0 Å². The second-order valence-corrected chi connectivity index (χ2v) is 4.88. The molecule has 2 aromatic heterocycles. The first-order chi connectivity index (χ1) is 10.2. The summed E-state index contributed by atoms with van der Waals surface area (Å²) in [5.41, 5.74) is 7.26. The van der Waals surface area contributed by atoms with Crippen LogP contribution in [0.2, 0.25) is 5.02 Å². The van der Waals surface area contributed by atoms with Gasteiger partial charge in [-0.3, -0.25) is 4.57 Å². The Labute approximate surface area is 125 Å². The van der Waals surface area contributed by atoms with E-state index >= 15 is 0 Å². The Morgan fingerprint density at radius 3 is 2.81 bits per heavy atom. The van der Waals surface area contributed by atoms with Gasteiger partial charge in [-0.25, -0.2) is 9.78 Å². The predicted octanol–water partition coefficient (Wildman–Crippen LogP) is 3.46. The third-order valence-electron chi connectivity index (χ3n) is 3.10. The fraction of sp³-hybridized carbons (Fsp3) is 0.0667. The molecule has 1 aromatic carbocycles. The van der Waals surface area contributed by atoms with E-state index in [0.29, 0.717) is 15.9 Å². The summed E-state index contributed by atoms with van der Waals surface area (Å²) < 4.78 is 6.61. The molecule has 106 valence electrons. The molecule has 0 amide bonds. The van der Waals surface area contributed by atoms with E-state index in [4.69, 9.17) is 22.1 Å². The highest BCUT2D eigenvalue weighted by atomic mass is 35.5. The molecule has 2 N–H and O–H groups in total. The number of nitrogen functional groups attached to an aromatic ring is 1. The average Bonchev–Trinajstić information content (AvgIpc) is 2.84. The molecule has 0 aliphatic rings. The Balaban J connectivity index is 1.87. The van der Waals surface area contributed by atoms with E-state index in [1.807, 2.05) is 30.3 Å². The van der Waals surface area contributed by atoms with Crippen LogP contribution in [0.15, 0.2) is 48.8 Å². The number of pyridine rings is 1. The zero-order valence-electron chi connectivity index (χ0n) is 11.0. The van der Waals surface area contributed by atoms with E-state index in [-0.39, 0.29) is 12.4 Å². The lowest BCUT2D eigenvalue weighted by atomic mass is 10.2. The quantitative estimate of drug-likeness (QED) is 0.787. The van der Waals surface area contributed by atoms with Crippen LogP contribution >= 0.6 is 11.6 Å². The molecule has 0 radical (unpaired) electrons. The minimum absolute atomic E-state index is 0.192. The van der Waals surface area contributed by atoms with Gasteiger partial charge in [0.25, 0.3) is 0 Å². The summed E-state index contributed by atoms with van der Waals surface area (Å²) in [6.07, 6.45) is 2.49. The van der Waals surface area contributed by atoms with Crippen LogP contribution in [0.1, 0.15) is 5.56 Å². The number of nitrogens with two attached hydrogens (primary N) is 1. The topological polar surface area (TPSA) is 70.1 Å². The molecule has 0 aliphatic carbocycles. The summed E-state index contributed by atoms with van der Waals surface area (Å²) in [5, 5.41) is 0.920. The highest BCUT2D eigenvalue weighted by molar-refractivity contribution is 6.36. The van der Waals surface area contributed by atoms with Gasteiger partial charge in [-0.1, -0.05) is 41.9 Å².